The fraction of sp³-hybridized carbons (Fsp3) is 0.385. The van der Waals surface area contributed by atoms with Crippen molar-refractivity contribution in [2.45, 2.75) is 19.3 Å². The van der Waals surface area contributed by atoms with Gasteiger partial charge in [0.25, 0.3) is 0 Å². The van der Waals surface area contributed by atoms with Gasteiger partial charge in [-0.2, -0.15) is 0 Å². The number of benzene rings is 1. The van der Waals surface area contributed by atoms with Crippen molar-refractivity contribution in [3.8, 4) is 0 Å². The molecule has 1 N–H and O–H groups in total. The highest BCUT2D eigenvalue weighted by Crippen LogP contribution is 2.15. The maximum Gasteiger partial charge on any atom is 0.243 e. The zero-order valence-corrected chi connectivity index (χ0v) is 10.7. The van der Waals surface area contributed by atoms with Crippen molar-refractivity contribution < 1.29 is 9.59 Å². The van der Waals surface area contributed by atoms with Crippen molar-refractivity contribution in [2.75, 3.05) is 18.4 Å². The van der Waals surface area contributed by atoms with E-state index in [0.717, 1.165) is 12.8 Å². The molecule has 96 valence electrons. The van der Waals surface area contributed by atoms with E-state index in [0.29, 0.717) is 23.7 Å². The second-order valence-electron chi connectivity index (χ2n) is 4.33. The summed E-state index contributed by atoms with van der Waals surface area (Å²) in [5.74, 6) is -0.130. The predicted molar refractivity (Wildman–Crippen MR) is 70.5 cm³/mol. The van der Waals surface area contributed by atoms with Crippen LogP contribution in [0.4, 0.5) is 5.69 Å². The second-order valence-corrected chi connectivity index (χ2v) is 4.77. The number of hydrogen-bond donors (Lipinski definition) is 1. The maximum absolute atomic E-state index is 11.8. The number of carbonyl (C=O) groups is 2. The van der Waals surface area contributed by atoms with E-state index in [9.17, 15) is 9.59 Å². The molecule has 2 rings (SSSR count). The van der Waals surface area contributed by atoms with Crippen molar-refractivity contribution in [3.63, 3.8) is 0 Å². The van der Waals surface area contributed by atoms with Crippen LogP contribution < -0.4 is 5.32 Å². The van der Waals surface area contributed by atoms with Gasteiger partial charge in [0.15, 0.2) is 0 Å². The van der Waals surface area contributed by atoms with Gasteiger partial charge in [-0.15, -0.1) is 0 Å². The van der Waals surface area contributed by atoms with Gasteiger partial charge in [0.2, 0.25) is 11.8 Å². The van der Waals surface area contributed by atoms with Gasteiger partial charge in [0.05, 0.1) is 6.54 Å². The van der Waals surface area contributed by atoms with Gasteiger partial charge in [-0.3, -0.25) is 9.59 Å². The van der Waals surface area contributed by atoms with Gasteiger partial charge < -0.3 is 10.2 Å². The number of hydrogen-bond acceptors (Lipinski definition) is 2. The van der Waals surface area contributed by atoms with E-state index in [-0.39, 0.29) is 18.4 Å². The summed E-state index contributed by atoms with van der Waals surface area (Å²) in [6.45, 7) is 0.785. The summed E-state index contributed by atoms with van der Waals surface area (Å²) < 4.78 is 0. The minimum Gasteiger partial charge on any atom is -0.333 e. The second kappa shape index (κ2) is 5.87. The Bertz CT molecular complexity index is 462. The van der Waals surface area contributed by atoms with Gasteiger partial charge in [-0.25, -0.2) is 0 Å². The first-order valence-corrected chi connectivity index (χ1v) is 6.36. The molecule has 0 aromatic heterocycles. The molecular formula is C13H15ClN2O2. The third kappa shape index (κ3) is 3.47. The summed E-state index contributed by atoms with van der Waals surface area (Å²) in [5, 5.41) is 3.30. The van der Waals surface area contributed by atoms with Gasteiger partial charge in [0, 0.05) is 23.7 Å². The predicted octanol–water partition coefficient (Wildman–Crippen LogP) is 2.29. The highest BCUT2D eigenvalue weighted by Gasteiger charge is 2.20. The minimum atomic E-state index is -0.187. The fourth-order valence-corrected chi connectivity index (χ4v) is 2.16. The van der Waals surface area contributed by atoms with Crippen LogP contribution in [0.1, 0.15) is 19.3 Å². The highest BCUT2D eigenvalue weighted by molar-refractivity contribution is 6.30. The number of nitrogens with one attached hydrogen (secondary N) is 1. The summed E-state index contributed by atoms with van der Waals surface area (Å²) >= 11 is 5.83. The van der Waals surface area contributed by atoms with Crippen LogP contribution in [0.2, 0.25) is 5.02 Å². The van der Waals surface area contributed by atoms with Gasteiger partial charge in [-0.1, -0.05) is 17.7 Å². The molecule has 0 atom stereocenters. The van der Waals surface area contributed by atoms with Crippen molar-refractivity contribution in [3.05, 3.63) is 29.3 Å². The number of anilines is 1. The van der Waals surface area contributed by atoms with Crippen LogP contribution in [-0.4, -0.2) is 29.8 Å². The maximum atomic E-state index is 11.8. The third-order valence-corrected chi connectivity index (χ3v) is 3.10. The van der Waals surface area contributed by atoms with Crippen molar-refractivity contribution in [1.29, 1.82) is 0 Å². The van der Waals surface area contributed by atoms with Gasteiger partial charge in [0.1, 0.15) is 0 Å². The molecule has 1 aliphatic rings. The number of carbonyl (C=O) groups excluding carboxylic acids is 2. The SMILES string of the molecule is O=C(CN1CCCCC1=O)Nc1cccc(Cl)c1. The van der Waals surface area contributed by atoms with Crippen molar-refractivity contribution in [2.24, 2.45) is 0 Å². The van der Waals surface area contributed by atoms with Gasteiger partial charge in [-0.05, 0) is 31.0 Å². The van der Waals surface area contributed by atoms with E-state index < -0.39 is 0 Å². The lowest BCUT2D eigenvalue weighted by Gasteiger charge is -2.25. The summed E-state index contributed by atoms with van der Waals surface area (Å²) in [6.07, 6.45) is 2.44. The molecule has 0 bridgehead atoms. The fourth-order valence-electron chi connectivity index (χ4n) is 1.97. The molecule has 1 heterocycles. The number of halogens is 1. The van der Waals surface area contributed by atoms with E-state index >= 15 is 0 Å². The van der Waals surface area contributed by atoms with Crippen LogP contribution in [0.25, 0.3) is 0 Å². The molecule has 1 aromatic carbocycles. The molecule has 0 unspecified atom stereocenters. The Labute approximate surface area is 111 Å². The third-order valence-electron chi connectivity index (χ3n) is 2.86. The zero-order valence-electron chi connectivity index (χ0n) is 9.99. The molecule has 1 saturated heterocycles. The van der Waals surface area contributed by atoms with Crippen LogP contribution >= 0.6 is 11.6 Å². The summed E-state index contributed by atoms with van der Waals surface area (Å²) in [5.41, 5.74) is 0.650. The van der Waals surface area contributed by atoms with E-state index in [1.807, 2.05) is 0 Å². The Balaban J connectivity index is 1.90. The summed E-state index contributed by atoms with van der Waals surface area (Å²) in [6, 6.07) is 6.95. The Morgan fingerprint density at radius 1 is 1.39 bits per heavy atom. The zero-order chi connectivity index (χ0) is 13.0. The number of amides is 2. The van der Waals surface area contributed by atoms with E-state index in [1.165, 1.54) is 0 Å². The quantitative estimate of drug-likeness (QED) is 0.913. The first kappa shape index (κ1) is 12.9. The minimum absolute atomic E-state index is 0.0579. The molecule has 1 fully saturated rings. The topological polar surface area (TPSA) is 49.4 Å². The Morgan fingerprint density at radius 3 is 2.94 bits per heavy atom. The number of piperidine rings is 1. The van der Waals surface area contributed by atoms with Crippen LogP contribution in [0.3, 0.4) is 0 Å². The number of nitrogens with zero attached hydrogens (tertiary/aromatic N) is 1. The van der Waals surface area contributed by atoms with E-state index in [1.54, 1.807) is 29.2 Å². The summed E-state index contributed by atoms with van der Waals surface area (Å²) in [7, 11) is 0. The van der Waals surface area contributed by atoms with Crippen LogP contribution in [0.5, 0.6) is 0 Å². The van der Waals surface area contributed by atoms with Crippen LogP contribution in [0, 0.1) is 0 Å². The Kier molecular flexibility index (Phi) is 4.20. The molecular weight excluding hydrogens is 252 g/mol. The van der Waals surface area contributed by atoms with Crippen LogP contribution in [-0.2, 0) is 9.59 Å². The molecule has 4 nitrogen and oxygen atoms in total. The average molecular weight is 267 g/mol. The smallest absolute Gasteiger partial charge is 0.243 e. The molecule has 0 aliphatic carbocycles. The van der Waals surface area contributed by atoms with Crippen LogP contribution in [0.15, 0.2) is 24.3 Å². The molecule has 0 saturated carbocycles. The molecule has 1 aromatic rings. The molecule has 0 radical (unpaired) electrons. The van der Waals surface area contributed by atoms with Crippen molar-refractivity contribution >= 4 is 29.1 Å². The molecule has 2 amide bonds. The van der Waals surface area contributed by atoms with Gasteiger partial charge >= 0.3 is 0 Å². The van der Waals surface area contributed by atoms with E-state index in [2.05, 4.69) is 5.32 Å². The highest BCUT2D eigenvalue weighted by atomic mass is 35.5. The first-order valence-electron chi connectivity index (χ1n) is 5.98. The number of rotatable bonds is 3. The lowest BCUT2D eigenvalue weighted by atomic mass is 10.1. The standard InChI is InChI=1S/C13H15ClN2O2/c14-10-4-3-5-11(8-10)15-12(17)9-16-7-2-1-6-13(16)18/h3-5,8H,1-2,6-7,9H2,(H,15,17). The first-order chi connectivity index (χ1) is 8.65. The molecule has 1 aliphatic heterocycles. The molecule has 5 heteroatoms. The molecule has 0 spiro atoms. The summed E-state index contributed by atoms with van der Waals surface area (Å²) in [4.78, 5) is 25.0. The lowest BCUT2D eigenvalue weighted by Crippen LogP contribution is -2.40. The Morgan fingerprint density at radius 2 is 2.22 bits per heavy atom. The number of likely N-dealkylation sites (tertiary alicyclic amines) is 1. The normalized spacial score (nSPS) is 15.6. The van der Waals surface area contributed by atoms with Crippen molar-refractivity contribution in [1.82, 2.24) is 4.90 Å². The average Bonchev–Trinajstić information content (AvgIpc) is 2.32. The van der Waals surface area contributed by atoms with E-state index in [4.69, 9.17) is 11.6 Å². The molecule has 18 heavy (non-hydrogen) atoms. The largest absolute Gasteiger partial charge is 0.333 e. The monoisotopic (exact) mass is 266 g/mol. The lowest BCUT2D eigenvalue weighted by molar-refractivity contribution is -0.136. The Hall–Kier alpha value is -1.55.